The molecule has 2 aliphatic heterocycles. The average molecular weight is 399 g/mol. The van der Waals surface area contributed by atoms with Gasteiger partial charge in [-0.2, -0.15) is 5.10 Å². The number of hydrogen-bond acceptors (Lipinski definition) is 4. The lowest BCUT2D eigenvalue weighted by Gasteiger charge is -2.34. The summed E-state index contributed by atoms with van der Waals surface area (Å²) in [5.41, 5.74) is 3.11. The van der Waals surface area contributed by atoms with Crippen LogP contribution in [0.4, 0.5) is 5.69 Å². The van der Waals surface area contributed by atoms with E-state index in [1.807, 2.05) is 39.0 Å². The van der Waals surface area contributed by atoms with Crippen LogP contribution in [0, 0.1) is 13.8 Å². The van der Waals surface area contributed by atoms with Crippen molar-refractivity contribution in [2.45, 2.75) is 65.3 Å². The van der Waals surface area contributed by atoms with Gasteiger partial charge in [-0.25, -0.2) is 5.01 Å². The summed E-state index contributed by atoms with van der Waals surface area (Å²) in [6.07, 6.45) is 3.64. The third-order valence-corrected chi connectivity index (χ3v) is 5.42. The number of amides is 3. The second-order valence-electron chi connectivity index (χ2n) is 7.95. The third-order valence-electron chi connectivity index (χ3n) is 5.42. The van der Waals surface area contributed by atoms with Crippen molar-refractivity contribution in [1.29, 1.82) is 0 Å². The lowest BCUT2D eigenvalue weighted by molar-refractivity contribution is -0.128. The summed E-state index contributed by atoms with van der Waals surface area (Å²) in [5.74, 6) is -0.200. The number of hydrogen-bond donors (Lipinski definition) is 1. The van der Waals surface area contributed by atoms with Crippen LogP contribution < -0.4 is 10.3 Å². The van der Waals surface area contributed by atoms with Crippen LogP contribution in [0.5, 0.6) is 0 Å². The number of benzene rings is 1. The molecule has 1 saturated heterocycles. The van der Waals surface area contributed by atoms with E-state index in [2.05, 4.69) is 10.4 Å². The molecule has 1 aromatic carbocycles. The van der Waals surface area contributed by atoms with Gasteiger partial charge >= 0.3 is 0 Å². The maximum Gasteiger partial charge on any atom is 0.270 e. The van der Waals surface area contributed by atoms with Crippen LogP contribution in [0.2, 0.25) is 0 Å². The van der Waals surface area contributed by atoms with E-state index in [0.717, 1.165) is 36.1 Å². The monoisotopic (exact) mass is 398 g/mol. The van der Waals surface area contributed by atoms with Crippen molar-refractivity contribution in [3.63, 3.8) is 0 Å². The highest BCUT2D eigenvalue weighted by molar-refractivity contribution is 6.40. The Morgan fingerprint density at radius 2 is 2.03 bits per heavy atom. The van der Waals surface area contributed by atoms with E-state index in [0.29, 0.717) is 31.6 Å². The van der Waals surface area contributed by atoms with Crippen LogP contribution in [0.3, 0.4) is 0 Å². The van der Waals surface area contributed by atoms with Crippen molar-refractivity contribution in [3.8, 4) is 0 Å². The molecular formula is C22H30N4O3. The highest BCUT2D eigenvalue weighted by Gasteiger charge is 2.31. The van der Waals surface area contributed by atoms with E-state index in [4.69, 9.17) is 0 Å². The Morgan fingerprint density at radius 1 is 1.24 bits per heavy atom. The van der Waals surface area contributed by atoms with Crippen molar-refractivity contribution in [1.82, 2.24) is 10.2 Å². The number of anilines is 1. The van der Waals surface area contributed by atoms with E-state index in [-0.39, 0.29) is 30.2 Å². The lowest BCUT2D eigenvalue weighted by atomic mass is 10.0. The van der Waals surface area contributed by atoms with Crippen molar-refractivity contribution in [2.24, 2.45) is 5.10 Å². The summed E-state index contributed by atoms with van der Waals surface area (Å²) in [7, 11) is 0. The van der Waals surface area contributed by atoms with Crippen LogP contribution in [0.25, 0.3) is 0 Å². The lowest BCUT2D eigenvalue weighted by Crippen LogP contribution is -2.52. The Hall–Kier alpha value is -2.70. The molecule has 1 aromatic rings. The zero-order valence-electron chi connectivity index (χ0n) is 17.5. The maximum absolute atomic E-state index is 13.1. The highest BCUT2D eigenvalue weighted by Crippen LogP contribution is 2.26. The fraction of sp³-hybridized carbons (Fsp3) is 0.545. The average Bonchev–Trinajstić information content (AvgIpc) is 2.70. The Bertz CT molecular complexity index is 833. The number of piperidine rings is 1. The predicted molar refractivity (Wildman–Crippen MR) is 113 cm³/mol. The van der Waals surface area contributed by atoms with Crippen LogP contribution in [0.15, 0.2) is 23.3 Å². The van der Waals surface area contributed by atoms with Crippen LogP contribution >= 0.6 is 0 Å². The molecule has 156 valence electrons. The summed E-state index contributed by atoms with van der Waals surface area (Å²) in [6, 6.07) is 5.85. The van der Waals surface area contributed by atoms with Crippen molar-refractivity contribution < 1.29 is 14.4 Å². The molecule has 1 N–H and O–H groups in total. The van der Waals surface area contributed by atoms with Gasteiger partial charge in [-0.1, -0.05) is 19.1 Å². The van der Waals surface area contributed by atoms with E-state index in [1.165, 1.54) is 5.01 Å². The number of hydrazone groups is 1. The van der Waals surface area contributed by atoms with Gasteiger partial charge in [0.15, 0.2) is 0 Å². The first kappa shape index (κ1) is 21.0. The molecule has 3 rings (SSSR count). The summed E-state index contributed by atoms with van der Waals surface area (Å²) >= 11 is 0. The van der Waals surface area contributed by atoms with Crippen LogP contribution in [0.1, 0.15) is 56.6 Å². The van der Waals surface area contributed by atoms with Gasteiger partial charge in [0.05, 0.1) is 5.69 Å². The number of aryl methyl sites for hydroxylation is 2. The number of carbonyl (C=O) groups excluding carboxylic acids is 3. The van der Waals surface area contributed by atoms with Gasteiger partial charge < -0.3 is 10.2 Å². The smallest absolute Gasteiger partial charge is 0.270 e. The van der Waals surface area contributed by atoms with Crippen molar-refractivity contribution in [3.05, 3.63) is 29.3 Å². The molecule has 0 aliphatic carbocycles. The molecule has 7 nitrogen and oxygen atoms in total. The van der Waals surface area contributed by atoms with Gasteiger partial charge in [-0.3, -0.25) is 14.4 Å². The molecule has 7 heteroatoms. The quantitative estimate of drug-likeness (QED) is 0.828. The first-order valence-electron chi connectivity index (χ1n) is 10.5. The molecule has 2 heterocycles. The summed E-state index contributed by atoms with van der Waals surface area (Å²) in [6.45, 7) is 7.01. The number of nitrogens with zero attached hydrogens (tertiary/aromatic N) is 3. The normalized spacial score (nSPS) is 19.8. The van der Waals surface area contributed by atoms with E-state index >= 15 is 0 Å². The van der Waals surface area contributed by atoms with Crippen molar-refractivity contribution >= 4 is 29.1 Å². The minimum atomic E-state index is -0.137. The standard InChI is InChI=1S/C22H30N4O3/c1-4-6-20(27)23-17-7-5-12-25(14-17)22(29)18-10-11-21(28)26(24-18)19-13-15(2)8-9-16(19)3/h8-9,13,17H,4-7,10-12,14H2,1-3H3,(H,23,27). The predicted octanol–water partition coefficient (Wildman–Crippen LogP) is 2.69. The second kappa shape index (κ2) is 9.20. The number of likely N-dealkylation sites (tertiary alicyclic amines) is 1. The molecule has 1 unspecified atom stereocenters. The molecule has 29 heavy (non-hydrogen) atoms. The van der Waals surface area contributed by atoms with Gasteiger partial charge in [0.25, 0.3) is 5.91 Å². The summed E-state index contributed by atoms with van der Waals surface area (Å²) in [4.78, 5) is 39.2. The second-order valence-corrected chi connectivity index (χ2v) is 7.95. The molecule has 2 aliphatic rings. The van der Waals surface area contributed by atoms with Gasteiger partial charge in [0.2, 0.25) is 11.8 Å². The van der Waals surface area contributed by atoms with Crippen LogP contribution in [-0.2, 0) is 14.4 Å². The first-order valence-corrected chi connectivity index (χ1v) is 10.5. The van der Waals surface area contributed by atoms with Crippen molar-refractivity contribution in [2.75, 3.05) is 18.1 Å². The number of nitrogens with one attached hydrogen (secondary N) is 1. The number of rotatable bonds is 5. The molecular weight excluding hydrogens is 368 g/mol. The summed E-state index contributed by atoms with van der Waals surface area (Å²) in [5, 5.41) is 8.85. The molecule has 0 bridgehead atoms. The SMILES string of the molecule is CCCC(=O)NC1CCCN(C(=O)C2=NN(c3cc(C)ccc3C)C(=O)CC2)C1. The van der Waals surface area contributed by atoms with Gasteiger partial charge in [-0.05, 0) is 50.3 Å². The largest absolute Gasteiger partial charge is 0.352 e. The fourth-order valence-electron chi connectivity index (χ4n) is 3.83. The third kappa shape index (κ3) is 5.02. The Balaban J connectivity index is 1.75. The minimum Gasteiger partial charge on any atom is -0.352 e. The Kier molecular flexibility index (Phi) is 6.67. The maximum atomic E-state index is 13.1. The fourth-order valence-corrected chi connectivity index (χ4v) is 3.83. The topological polar surface area (TPSA) is 82.1 Å². The van der Waals surface area contributed by atoms with Gasteiger partial charge in [-0.15, -0.1) is 0 Å². The number of carbonyl (C=O) groups is 3. The molecule has 0 radical (unpaired) electrons. The first-order chi connectivity index (χ1) is 13.9. The van der Waals surface area contributed by atoms with Gasteiger partial charge in [0.1, 0.15) is 5.71 Å². The molecule has 1 atom stereocenters. The Morgan fingerprint density at radius 3 is 2.79 bits per heavy atom. The van der Waals surface area contributed by atoms with Crippen LogP contribution in [-0.4, -0.2) is 47.5 Å². The molecule has 0 aromatic heterocycles. The zero-order chi connectivity index (χ0) is 21.0. The highest BCUT2D eigenvalue weighted by atomic mass is 16.2. The van der Waals surface area contributed by atoms with Gasteiger partial charge in [0, 0.05) is 38.4 Å². The summed E-state index contributed by atoms with van der Waals surface area (Å²) < 4.78 is 0. The van der Waals surface area contributed by atoms with E-state index < -0.39 is 0 Å². The van der Waals surface area contributed by atoms with E-state index in [1.54, 1.807) is 4.90 Å². The molecule has 0 spiro atoms. The molecule has 1 fully saturated rings. The molecule has 0 saturated carbocycles. The minimum absolute atomic E-state index is 0.0207. The zero-order valence-corrected chi connectivity index (χ0v) is 17.5. The Labute approximate surface area is 172 Å². The van der Waals surface area contributed by atoms with E-state index in [9.17, 15) is 14.4 Å². The molecule has 3 amide bonds.